The maximum atomic E-state index is 11.7. The monoisotopic (exact) mass is 281 g/mol. The first-order valence-corrected chi connectivity index (χ1v) is 7.44. The summed E-state index contributed by atoms with van der Waals surface area (Å²) in [6.45, 7) is 5.13. The second-order valence-corrected chi connectivity index (χ2v) is 5.21. The van der Waals surface area contributed by atoms with Gasteiger partial charge in [-0.1, -0.05) is 6.92 Å². The van der Waals surface area contributed by atoms with Crippen LogP contribution in [-0.2, 0) is 11.3 Å². The molecule has 2 aromatic heterocycles. The maximum absolute atomic E-state index is 11.7. The fourth-order valence-corrected chi connectivity index (χ4v) is 2.48. The number of nitrogens with zero attached hydrogens (tertiary/aromatic N) is 1. The molecule has 0 saturated carbocycles. The smallest absolute Gasteiger partial charge is 0.268 e. The molecule has 0 amide bonds. The van der Waals surface area contributed by atoms with Crippen LogP contribution in [0.4, 0.5) is 0 Å². The Morgan fingerprint density at radius 2 is 2.37 bits per heavy atom. The number of ether oxygens (including phenoxy) is 1. The van der Waals surface area contributed by atoms with E-state index in [1.54, 1.807) is 0 Å². The lowest BCUT2D eigenvalue weighted by Crippen LogP contribution is -2.20. The van der Waals surface area contributed by atoms with Gasteiger partial charge in [-0.05, 0) is 30.8 Å². The molecule has 2 aromatic rings. The van der Waals surface area contributed by atoms with Crippen LogP contribution < -0.4 is 10.9 Å². The summed E-state index contributed by atoms with van der Waals surface area (Å²) in [5, 5.41) is 5.14. The molecule has 104 valence electrons. The van der Waals surface area contributed by atoms with Crippen LogP contribution >= 0.6 is 11.3 Å². The molecule has 0 aromatic carbocycles. The zero-order valence-corrected chi connectivity index (χ0v) is 11.9. The second-order valence-electron chi connectivity index (χ2n) is 4.29. The summed E-state index contributed by atoms with van der Waals surface area (Å²) in [4.78, 5) is 18.9. The van der Waals surface area contributed by atoms with Gasteiger partial charge in [0.15, 0.2) is 0 Å². The first-order chi connectivity index (χ1) is 9.31. The highest BCUT2D eigenvalue weighted by atomic mass is 32.1. The number of aromatic amines is 1. The van der Waals surface area contributed by atoms with E-state index in [1.807, 2.05) is 11.4 Å². The van der Waals surface area contributed by atoms with Crippen molar-refractivity contribution in [2.24, 2.45) is 0 Å². The molecule has 0 radical (unpaired) electrons. The molecule has 0 saturated heterocycles. The third-order valence-electron chi connectivity index (χ3n) is 2.65. The molecular formula is C13H19N3O2S. The summed E-state index contributed by atoms with van der Waals surface area (Å²) in [5.41, 5.74) is 0.722. The van der Waals surface area contributed by atoms with Crippen molar-refractivity contribution in [3.05, 3.63) is 27.6 Å². The molecule has 2 rings (SSSR count). The van der Waals surface area contributed by atoms with Gasteiger partial charge in [-0.15, -0.1) is 11.3 Å². The van der Waals surface area contributed by atoms with Gasteiger partial charge in [0.25, 0.3) is 5.56 Å². The number of hydrogen-bond donors (Lipinski definition) is 2. The highest BCUT2D eigenvalue weighted by molar-refractivity contribution is 7.17. The van der Waals surface area contributed by atoms with Gasteiger partial charge >= 0.3 is 0 Å². The van der Waals surface area contributed by atoms with Gasteiger partial charge in [0.1, 0.15) is 10.5 Å². The predicted octanol–water partition coefficient (Wildman–Crippen LogP) is 1.89. The summed E-state index contributed by atoms with van der Waals surface area (Å²) in [6.07, 6.45) is 2.02. The highest BCUT2D eigenvalue weighted by Crippen LogP contribution is 2.13. The summed E-state index contributed by atoms with van der Waals surface area (Å²) in [5.74, 6) is 0.686. The largest absolute Gasteiger partial charge is 0.381 e. The van der Waals surface area contributed by atoms with Crippen LogP contribution in [0.1, 0.15) is 25.6 Å². The number of aromatic nitrogens is 2. The Kier molecular flexibility index (Phi) is 5.50. The molecule has 0 aliphatic rings. The van der Waals surface area contributed by atoms with E-state index in [4.69, 9.17) is 4.74 Å². The summed E-state index contributed by atoms with van der Waals surface area (Å²) < 4.78 is 6.08. The van der Waals surface area contributed by atoms with Crippen LogP contribution in [0.3, 0.4) is 0 Å². The summed E-state index contributed by atoms with van der Waals surface area (Å²) in [7, 11) is 0. The Morgan fingerprint density at radius 1 is 1.47 bits per heavy atom. The van der Waals surface area contributed by atoms with E-state index in [-0.39, 0.29) is 5.56 Å². The lowest BCUT2D eigenvalue weighted by atomic mass is 10.4. The zero-order valence-electron chi connectivity index (χ0n) is 11.1. The van der Waals surface area contributed by atoms with Gasteiger partial charge in [0.05, 0.1) is 12.1 Å². The van der Waals surface area contributed by atoms with Crippen molar-refractivity contribution < 1.29 is 4.74 Å². The zero-order chi connectivity index (χ0) is 13.5. The van der Waals surface area contributed by atoms with Crippen LogP contribution in [0.15, 0.2) is 16.2 Å². The number of fused-ring (bicyclic) bond motifs is 1. The molecule has 0 spiro atoms. The molecule has 0 aliphatic heterocycles. The summed E-state index contributed by atoms with van der Waals surface area (Å²) in [6, 6.07) is 1.87. The van der Waals surface area contributed by atoms with Crippen LogP contribution in [-0.4, -0.2) is 29.7 Å². The van der Waals surface area contributed by atoms with Gasteiger partial charge in [-0.25, -0.2) is 4.98 Å². The number of H-pyrrole nitrogens is 1. The first-order valence-electron chi connectivity index (χ1n) is 6.56. The van der Waals surface area contributed by atoms with E-state index in [0.29, 0.717) is 17.1 Å². The van der Waals surface area contributed by atoms with Crippen LogP contribution in [0.25, 0.3) is 10.2 Å². The standard InChI is InChI=1S/C13H19N3O2S/c1-2-6-18-7-3-5-14-9-11-15-10-4-8-19-12(10)13(17)16-11/h4,8,14H,2-3,5-7,9H2,1H3,(H,15,16,17). The van der Waals surface area contributed by atoms with E-state index >= 15 is 0 Å². The van der Waals surface area contributed by atoms with Gasteiger partial charge in [0, 0.05) is 13.2 Å². The minimum absolute atomic E-state index is 0.0527. The average Bonchev–Trinajstić information content (AvgIpc) is 2.86. The Balaban J connectivity index is 1.77. The molecule has 0 fully saturated rings. The molecule has 0 bridgehead atoms. The Hall–Kier alpha value is -1.24. The van der Waals surface area contributed by atoms with Crippen LogP contribution in [0, 0.1) is 0 Å². The number of hydrogen-bond acceptors (Lipinski definition) is 5. The van der Waals surface area contributed by atoms with Crippen molar-refractivity contribution in [2.75, 3.05) is 19.8 Å². The van der Waals surface area contributed by atoms with Crippen molar-refractivity contribution in [1.29, 1.82) is 0 Å². The lowest BCUT2D eigenvalue weighted by Gasteiger charge is -2.05. The molecule has 19 heavy (non-hydrogen) atoms. The minimum atomic E-state index is -0.0527. The number of rotatable bonds is 8. The van der Waals surface area contributed by atoms with Crippen molar-refractivity contribution in [1.82, 2.24) is 15.3 Å². The quantitative estimate of drug-likeness (QED) is 0.725. The Bertz CT molecular complexity index is 564. The fourth-order valence-electron chi connectivity index (χ4n) is 1.76. The lowest BCUT2D eigenvalue weighted by molar-refractivity contribution is 0.132. The van der Waals surface area contributed by atoms with Crippen LogP contribution in [0.5, 0.6) is 0 Å². The van der Waals surface area contributed by atoms with Crippen molar-refractivity contribution >= 4 is 21.6 Å². The van der Waals surface area contributed by atoms with Crippen molar-refractivity contribution in [2.45, 2.75) is 26.3 Å². The number of nitrogens with one attached hydrogen (secondary N) is 2. The van der Waals surface area contributed by atoms with Gasteiger partial charge < -0.3 is 15.0 Å². The van der Waals surface area contributed by atoms with Gasteiger partial charge in [-0.3, -0.25) is 4.79 Å². The molecule has 2 heterocycles. The molecule has 2 N–H and O–H groups in total. The third-order valence-corrected chi connectivity index (χ3v) is 3.55. The van der Waals surface area contributed by atoms with E-state index in [9.17, 15) is 4.79 Å². The van der Waals surface area contributed by atoms with E-state index in [1.165, 1.54) is 11.3 Å². The summed E-state index contributed by atoms with van der Waals surface area (Å²) >= 11 is 1.42. The third kappa shape index (κ3) is 4.12. The number of thiophene rings is 1. The average molecular weight is 281 g/mol. The molecule has 0 atom stereocenters. The molecule has 0 aliphatic carbocycles. The Labute approximate surface area is 116 Å². The van der Waals surface area contributed by atoms with Gasteiger partial charge in [-0.2, -0.15) is 0 Å². The fraction of sp³-hybridized carbons (Fsp3) is 0.538. The first kappa shape index (κ1) is 14.2. The molecule has 6 heteroatoms. The van der Waals surface area contributed by atoms with E-state index in [0.717, 1.165) is 38.1 Å². The predicted molar refractivity (Wildman–Crippen MR) is 77.7 cm³/mol. The molecule has 0 unspecified atom stereocenters. The van der Waals surface area contributed by atoms with Crippen molar-refractivity contribution in [3.63, 3.8) is 0 Å². The van der Waals surface area contributed by atoms with Crippen molar-refractivity contribution in [3.8, 4) is 0 Å². The topological polar surface area (TPSA) is 67.0 Å². The Morgan fingerprint density at radius 3 is 3.21 bits per heavy atom. The minimum Gasteiger partial charge on any atom is -0.381 e. The van der Waals surface area contributed by atoms with Gasteiger partial charge in [0.2, 0.25) is 0 Å². The van der Waals surface area contributed by atoms with E-state index in [2.05, 4.69) is 22.2 Å². The maximum Gasteiger partial charge on any atom is 0.268 e. The normalized spacial score (nSPS) is 11.2. The van der Waals surface area contributed by atoms with Crippen LogP contribution in [0.2, 0.25) is 0 Å². The molecule has 5 nitrogen and oxygen atoms in total. The molecular weight excluding hydrogens is 262 g/mol. The SMILES string of the molecule is CCCOCCCNCc1nc2ccsc2c(=O)[nH]1. The second kappa shape index (κ2) is 7.37. The highest BCUT2D eigenvalue weighted by Gasteiger charge is 2.04. The van der Waals surface area contributed by atoms with E-state index < -0.39 is 0 Å².